The second-order valence-electron chi connectivity index (χ2n) is 3.52. The van der Waals surface area contributed by atoms with Crippen LogP contribution in [0.25, 0.3) is 0 Å². The third-order valence-electron chi connectivity index (χ3n) is 2.03. The molecule has 0 aliphatic carbocycles. The molecule has 0 spiro atoms. The zero-order valence-electron chi connectivity index (χ0n) is 9.55. The van der Waals surface area contributed by atoms with Gasteiger partial charge in [0.2, 0.25) is 0 Å². The number of carbonyl (C=O) groups is 3. The molecule has 9 heteroatoms. The maximum absolute atomic E-state index is 11.4. The van der Waals surface area contributed by atoms with Gasteiger partial charge in [-0.25, -0.2) is 9.59 Å². The summed E-state index contributed by atoms with van der Waals surface area (Å²) in [6, 6.07) is 1.45. The van der Waals surface area contributed by atoms with E-state index in [0.717, 1.165) is 8.66 Å². The lowest BCUT2D eigenvalue weighted by molar-refractivity contribution is -0.145. The van der Waals surface area contributed by atoms with E-state index in [0.29, 0.717) is 0 Å². The summed E-state index contributed by atoms with van der Waals surface area (Å²) >= 11 is 4.70. The van der Waals surface area contributed by atoms with E-state index in [1.165, 1.54) is 11.3 Å². The lowest BCUT2D eigenvalue weighted by Gasteiger charge is -2.12. The van der Waals surface area contributed by atoms with Crippen LogP contribution in [0.15, 0.2) is 15.9 Å². The highest BCUT2D eigenvalue weighted by Crippen LogP contribution is 2.21. The van der Waals surface area contributed by atoms with E-state index in [1.54, 1.807) is 6.07 Å². The Morgan fingerprint density at radius 1 is 1.32 bits per heavy atom. The number of aliphatic carboxylic acids is 2. The van der Waals surface area contributed by atoms with E-state index in [2.05, 4.69) is 26.6 Å². The first-order valence-electron chi connectivity index (χ1n) is 5.11. The minimum atomic E-state index is -1.45. The van der Waals surface area contributed by atoms with Crippen molar-refractivity contribution in [2.45, 2.75) is 19.0 Å². The summed E-state index contributed by atoms with van der Waals surface area (Å²) in [6.07, 6.45) is -0.673. The van der Waals surface area contributed by atoms with Crippen LogP contribution in [0.5, 0.6) is 0 Å². The van der Waals surface area contributed by atoms with Gasteiger partial charge in [0.1, 0.15) is 6.04 Å². The number of hydrogen-bond donors (Lipinski definition) is 4. The molecular weight excluding hydrogens is 340 g/mol. The molecule has 0 saturated heterocycles. The number of carbonyl (C=O) groups excluding carboxylic acids is 1. The average Bonchev–Trinajstić information content (AvgIpc) is 2.71. The van der Waals surface area contributed by atoms with E-state index in [1.807, 2.05) is 6.07 Å². The van der Waals surface area contributed by atoms with Crippen LogP contribution in [0.3, 0.4) is 0 Å². The molecule has 1 aromatic heterocycles. The second kappa shape index (κ2) is 7.10. The van der Waals surface area contributed by atoms with Crippen molar-refractivity contribution in [1.82, 2.24) is 10.6 Å². The lowest BCUT2D eigenvalue weighted by Crippen LogP contribution is -2.46. The molecule has 1 heterocycles. The number of thiophene rings is 1. The van der Waals surface area contributed by atoms with Crippen molar-refractivity contribution < 1.29 is 24.6 Å². The van der Waals surface area contributed by atoms with Crippen LogP contribution >= 0.6 is 27.3 Å². The number of hydrogen-bond acceptors (Lipinski definition) is 4. The molecule has 0 saturated carbocycles. The van der Waals surface area contributed by atoms with Crippen LogP contribution in [-0.2, 0) is 16.1 Å². The third-order valence-corrected chi connectivity index (χ3v) is 3.66. The zero-order valence-corrected chi connectivity index (χ0v) is 12.0. The molecule has 0 radical (unpaired) electrons. The van der Waals surface area contributed by atoms with Crippen molar-refractivity contribution in [3.8, 4) is 0 Å². The Bertz CT molecular complexity index is 490. The van der Waals surface area contributed by atoms with Gasteiger partial charge in [0, 0.05) is 4.88 Å². The number of amides is 2. The maximum atomic E-state index is 11.4. The topological polar surface area (TPSA) is 116 Å². The molecule has 104 valence electrons. The largest absolute Gasteiger partial charge is 0.481 e. The summed E-state index contributed by atoms with van der Waals surface area (Å²) in [6.45, 7) is 0.238. The van der Waals surface area contributed by atoms with Gasteiger partial charge in [-0.05, 0) is 28.1 Å². The van der Waals surface area contributed by atoms with E-state index in [9.17, 15) is 14.4 Å². The molecule has 2 amide bonds. The van der Waals surface area contributed by atoms with Gasteiger partial charge in [-0.3, -0.25) is 4.79 Å². The summed E-state index contributed by atoms with van der Waals surface area (Å²) in [7, 11) is 0. The summed E-state index contributed by atoms with van der Waals surface area (Å²) in [5.74, 6) is -2.69. The van der Waals surface area contributed by atoms with Crippen LogP contribution in [-0.4, -0.2) is 34.2 Å². The van der Waals surface area contributed by atoms with E-state index < -0.39 is 30.4 Å². The zero-order chi connectivity index (χ0) is 14.4. The van der Waals surface area contributed by atoms with E-state index >= 15 is 0 Å². The Morgan fingerprint density at radius 3 is 2.47 bits per heavy atom. The highest BCUT2D eigenvalue weighted by Gasteiger charge is 2.22. The molecule has 0 aromatic carbocycles. The predicted molar refractivity (Wildman–Crippen MR) is 71.1 cm³/mol. The predicted octanol–water partition coefficient (Wildman–Crippen LogP) is 1.24. The van der Waals surface area contributed by atoms with Crippen LogP contribution < -0.4 is 10.6 Å². The summed E-state index contributed by atoms with van der Waals surface area (Å²) < 4.78 is 0.916. The van der Waals surface area contributed by atoms with E-state index in [4.69, 9.17) is 10.2 Å². The van der Waals surface area contributed by atoms with Gasteiger partial charge >= 0.3 is 18.0 Å². The maximum Gasteiger partial charge on any atom is 0.326 e. The van der Waals surface area contributed by atoms with Crippen molar-refractivity contribution in [3.63, 3.8) is 0 Å². The van der Waals surface area contributed by atoms with Crippen LogP contribution in [0.4, 0.5) is 4.79 Å². The molecule has 7 nitrogen and oxygen atoms in total. The number of carboxylic acids is 2. The van der Waals surface area contributed by atoms with Crippen molar-refractivity contribution in [1.29, 1.82) is 0 Å². The summed E-state index contributed by atoms with van der Waals surface area (Å²) in [4.78, 5) is 33.5. The Labute approximate surface area is 120 Å². The number of urea groups is 1. The first-order chi connectivity index (χ1) is 8.88. The molecule has 1 aromatic rings. The molecule has 0 bridgehead atoms. The van der Waals surface area contributed by atoms with Crippen molar-refractivity contribution in [2.75, 3.05) is 0 Å². The minimum Gasteiger partial charge on any atom is -0.481 e. The second-order valence-corrected chi connectivity index (χ2v) is 6.07. The van der Waals surface area contributed by atoms with Crippen LogP contribution in [0.1, 0.15) is 11.3 Å². The van der Waals surface area contributed by atoms with Gasteiger partial charge in [-0.1, -0.05) is 0 Å². The van der Waals surface area contributed by atoms with E-state index in [-0.39, 0.29) is 6.54 Å². The van der Waals surface area contributed by atoms with Gasteiger partial charge in [-0.2, -0.15) is 0 Å². The molecule has 0 fully saturated rings. The Hall–Kier alpha value is -1.61. The molecule has 1 unspecified atom stereocenters. The van der Waals surface area contributed by atoms with Gasteiger partial charge in [0.25, 0.3) is 0 Å². The fourth-order valence-corrected chi connectivity index (χ4v) is 2.62. The SMILES string of the molecule is O=C(O)CC(NC(=O)NCc1ccc(Br)s1)C(=O)O. The standard InChI is InChI=1S/C10H11BrN2O5S/c11-7-2-1-5(19-7)4-12-10(18)13-6(9(16)17)3-8(14)15/h1-2,6H,3-4H2,(H,14,15)(H,16,17)(H2,12,13,18). The highest BCUT2D eigenvalue weighted by atomic mass is 79.9. The number of carboxylic acid groups (broad SMARTS) is 2. The van der Waals surface area contributed by atoms with Crippen LogP contribution in [0, 0.1) is 0 Å². The van der Waals surface area contributed by atoms with Gasteiger partial charge in [0.15, 0.2) is 0 Å². The monoisotopic (exact) mass is 350 g/mol. The Morgan fingerprint density at radius 2 is 2.00 bits per heavy atom. The van der Waals surface area contributed by atoms with Gasteiger partial charge in [-0.15, -0.1) is 11.3 Å². The third kappa shape index (κ3) is 5.71. The molecular formula is C10H11BrN2O5S. The van der Waals surface area contributed by atoms with Crippen molar-refractivity contribution in [3.05, 3.63) is 20.8 Å². The first-order valence-corrected chi connectivity index (χ1v) is 6.72. The molecule has 0 aliphatic rings. The number of rotatable bonds is 6. The molecule has 0 aliphatic heterocycles. The minimum absolute atomic E-state index is 0.238. The molecule has 1 rings (SSSR count). The van der Waals surface area contributed by atoms with Gasteiger partial charge in [0.05, 0.1) is 16.8 Å². The van der Waals surface area contributed by atoms with Crippen molar-refractivity contribution in [2.24, 2.45) is 0 Å². The molecule has 4 N–H and O–H groups in total. The quantitative estimate of drug-likeness (QED) is 0.615. The number of halogens is 1. The summed E-state index contributed by atoms with van der Waals surface area (Å²) in [5.41, 5.74) is 0. The highest BCUT2D eigenvalue weighted by molar-refractivity contribution is 9.11. The Kier molecular flexibility index (Phi) is 5.77. The molecule has 19 heavy (non-hydrogen) atoms. The fourth-order valence-electron chi connectivity index (χ4n) is 1.20. The summed E-state index contributed by atoms with van der Waals surface area (Å²) in [5, 5.41) is 21.8. The Balaban J connectivity index is 2.44. The molecule has 1 atom stereocenters. The number of nitrogens with one attached hydrogen (secondary N) is 2. The first kappa shape index (κ1) is 15.4. The smallest absolute Gasteiger partial charge is 0.326 e. The van der Waals surface area contributed by atoms with Crippen molar-refractivity contribution >= 4 is 45.2 Å². The normalized spacial score (nSPS) is 11.6. The fraction of sp³-hybridized carbons (Fsp3) is 0.300. The lowest BCUT2D eigenvalue weighted by atomic mass is 10.2. The average molecular weight is 351 g/mol. The van der Waals surface area contributed by atoms with Gasteiger partial charge < -0.3 is 20.8 Å². The van der Waals surface area contributed by atoms with Crippen LogP contribution in [0.2, 0.25) is 0 Å².